The smallest absolute Gasteiger partial charge is 0.317 e. The number of benzene rings is 2. The molecule has 0 aliphatic heterocycles. The van der Waals surface area contributed by atoms with E-state index in [1.807, 2.05) is 24.3 Å². The highest BCUT2D eigenvalue weighted by molar-refractivity contribution is 5.82. The summed E-state index contributed by atoms with van der Waals surface area (Å²) in [6, 6.07) is 14.7. The number of hydrogen-bond donors (Lipinski definition) is 2. The highest BCUT2D eigenvalue weighted by Crippen LogP contribution is 2.43. The minimum Gasteiger partial charge on any atom is -0.425 e. The summed E-state index contributed by atoms with van der Waals surface area (Å²) in [7, 11) is 0. The summed E-state index contributed by atoms with van der Waals surface area (Å²) >= 11 is 0. The minimum atomic E-state index is -1.23. The predicted molar refractivity (Wildman–Crippen MR) is 115 cm³/mol. The van der Waals surface area contributed by atoms with Gasteiger partial charge >= 0.3 is 5.97 Å². The fraction of sp³-hybridized carbons (Fsp3) is 0.280. The maximum Gasteiger partial charge on any atom is 0.317 e. The number of hydrogen-bond acceptors (Lipinski definition) is 5. The molecule has 4 atom stereocenters. The average molecular weight is 421 g/mol. The third-order valence-electron chi connectivity index (χ3n) is 5.79. The van der Waals surface area contributed by atoms with Gasteiger partial charge in [0.1, 0.15) is 11.6 Å². The Kier molecular flexibility index (Phi) is 6.11. The molecule has 3 aromatic rings. The Hall–Kier alpha value is -3.09. The molecule has 0 amide bonds. The highest BCUT2D eigenvalue weighted by Gasteiger charge is 2.46. The SMILES string of the molecule is C=CC(O)C(c1ccc(F)cc1)C(O)C(C(=O)Oc1cnc2ccccc2c1)C1CC1. The van der Waals surface area contributed by atoms with Crippen molar-refractivity contribution in [1.29, 1.82) is 0 Å². The van der Waals surface area contributed by atoms with Gasteiger partial charge in [-0.25, -0.2) is 4.39 Å². The summed E-state index contributed by atoms with van der Waals surface area (Å²) in [5, 5.41) is 22.6. The molecule has 1 aliphatic carbocycles. The number of aliphatic hydroxyl groups is 2. The zero-order chi connectivity index (χ0) is 22.0. The number of carbonyl (C=O) groups is 1. The molecule has 2 aromatic carbocycles. The van der Waals surface area contributed by atoms with Crippen molar-refractivity contribution in [1.82, 2.24) is 4.98 Å². The summed E-state index contributed by atoms with van der Waals surface area (Å²) < 4.78 is 19.0. The van der Waals surface area contributed by atoms with Crippen LogP contribution in [0.1, 0.15) is 24.3 Å². The number of aromatic nitrogens is 1. The van der Waals surface area contributed by atoms with Crippen LogP contribution in [0.3, 0.4) is 0 Å². The first kappa shape index (κ1) is 21.2. The van der Waals surface area contributed by atoms with Crippen molar-refractivity contribution in [2.24, 2.45) is 11.8 Å². The summed E-state index contributed by atoms with van der Waals surface area (Å²) in [4.78, 5) is 17.4. The average Bonchev–Trinajstić information content (AvgIpc) is 3.60. The number of esters is 1. The Labute approximate surface area is 179 Å². The van der Waals surface area contributed by atoms with E-state index in [1.54, 1.807) is 6.07 Å². The molecule has 1 heterocycles. The molecule has 1 aliphatic rings. The van der Waals surface area contributed by atoms with E-state index in [0.29, 0.717) is 11.3 Å². The molecule has 4 unspecified atom stereocenters. The van der Waals surface area contributed by atoms with Gasteiger partial charge in [-0.2, -0.15) is 0 Å². The number of para-hydroxylation sites is 1. The number of aliphatic hydroxyl groups excluding tert-OH is 2. The third kappa shape index (κ3) is 4.65. The van der Waals surface area contributed by atoms with Gasteiger partial charge in [-0.3, -0.25) is 9.78 Å². The number of pyridine rings is 1. The molecule has 31 heavy (non-hydrogen) atoms. The zero-order valence-corrected chi connectivity index (χ0v) is 16.9. The third-order valence-corrected chi connectivity index (χ3v) is 5.79. The first-order valence-corrected chi connectivity index (χ1v) is 10.3. The standard InChI is InChI=1S/C25H24FNO4/c1-2-21(28)22(15-9-11-18(26)12-10-15)24(29)23(16-7-8-16)25(30)31-19-13-17-5-3-4-6-20(17)27-14-19/h2-6,9-14,16,21-24,28-29H,1,7-8H2. The molecule has 0 radical (unpaired) electrons. The van der Waals surface area contributed by atoms with Crippen LogP contribution in [0.2, 0.25) is 0 Å². The second kappa shape index (κ2) is 8.96. The summed E-state index contributed by atoms with van der Waals surface area (Å²) in [6.45, 7) is 3.61. The Bertz CT molecular complexity index is 1080. The number of fused-ring (bicyclic) bond motifs is 1. The van der Waals surface area contributed by atoms with Gasteiger partial charge in [0.15, 0.2) is 0 Å². The van der Waals surface area contributed by atoms with E-state index in [4.69, 9.17) is 4.74 Å². The van der Waals surface area contributed by atoms with Crippen LogP contribution >= 0.6 is 0 Å². The number of halogens is 1. The van der Waals surface area contributed by atoms with Crippen LogP contribution in [0, 0.1) is 17.7 Å². The van der Waals surface area contributed by atoms with Crippen molar-refractivity contribution in [2.75, 3.05) is 0 Å². The number of rotatable bonds is 8. The molecule has 0 spiro atoms. The lowest BCUT2D eigenvalue weighted by atomic mass is 9.80. The Morgan fingerprint density at radius 1 is 1.16 bits per heavy atom. The normalized spacial score (nSPS) is 17.5. The number of nitrogens with zero attached hydrogens (tertiary/aromatic N) is 1. The first-order valence-electron chi connectivity index (χ1n) is 10.3. The Morgan fingerprint density at radius 2 is 1.87 bits per heavy atom. The van der Waals surface area contributed by atoms with E-state index in [0.717, 1.165) is 23.7 Å². The van der Waals surface area contributed by atoms with Crippen LogP contribution in [-0.2, 0) is 4.79 Å². The first-order chi connectivity index (χ1) is 15.0. The van der Waals surface area contributed by atoms with Crippen molar-refractivity contribution >= 4 is 16.9 Å². The molecule has 1 fully saturated rings. The quantitative estimate of drug-likeness (QED) is 0.425. The zero-order valence-electron chi connectivity index (χ0n) is 16.9. The second-order valence-electron chi connectivity index (χ2n) is 7.94. The van der Waals surface area contributed by atoms with Crippen LogP contribution in [0.5, 0.6) is 5.75 Å². The van der Waals surface area contributed by atoms with Crippen molar-refractivity contribution in [3.63, 3.8) is 0 Å². The van der Waals surface area contributed by atoms with Gasteiger partial charge in [0.2, 0.25) is 0 Å². The van der Waals surface area contributed by atoms with Crippen molar-refractivity contribution in [2.45, 2.75) is 31.0 Å². The molecule has 5 nitrogen and oxygen atoms in total. The van der Waals surface area contributed by atoms with Gasteiger partial charge < -0.3 is 14.9 Å². The molecule has 0 bridgehead atoms. The largest absolute Gasteiger partial charge is 0.425 e. The van der Waals surface area contributed by atoms with E-state index >= 15 is 0 Å². The van der Waals surface area contributed by atoms with E-state index in [1.165, 1.54) is 36.5 Å². The monoisotopic (exact) mass is 421 g/mol. The molecule has 1 aromatic heterocycles. The van der Waals surface area contributed by atoms with E-state index in [9.17, 15) is 19.4 Å². The second-order valence-corrected chi connectivity index (χ2v) is 7.94. The molecule has 0 saturated heterocycles. The summed E-state index contributed by atoms with van der Waals surface area (Å²) in [5.74, 6) is -2.43. The molecule has 2 N–H and O–H groups in total. The molecule has 160 valence electrons. The fourth-order valence-electron chi connectivity index (χ4n) is 4.01. The molecule has 4 rings (SSSR count). The van der Waals surface area contributed by atoms with E-state index in [2.05, 4.69) is 11.6 Å². The lowest BCUT2D eigenvalue weighted by Gasteiger charge is -2.31. The molecule has 1 saturated carbocycles. The van der Waals surface area contributed by atoms with Crippen LogP contribution in [0.4, 0.5) is 4.39 Å². The topological polar surface area (TPSA) is 79.7 Å². The lowest BCUT2D eigenvalue weighted by Crippen LogP contribution is -2.41. The van der Waals surface area contributed by atoms with Gasteiger partial charge in [-0.05, 0) is 48.6 Å². The minimum absolute atomic E-state index is 0.0455. The van der Waals surface area contributed by atoms with Gasteiger partial charge in [-0.15, -0.1) is 6.58 Å². The number of ether oxygens (including phenoxy) is 1. The maximum absolute atomic E-state index is 13.4. The fourth-order valence-corrected chi connectivity index (χ4v) is 4.01. The maximum atomic E-state index is 13.4. The van der Waals surface area contributed by atoms with Crippen molar-refractivity contribution in [3.05, 3.63) is 84.8 Å². The van der Waals surface area contributed by atoms with Crippen molar-refractivity contribution in [3.8, 4) is 5.75 Å². The lowest BCUT2D eigenvalue weighted by molar-refractivity contribution is -0.145. The van der Waals surface area contributed by atoms with Crippen molar-refractivity contribution < 1.29 is 24.1 Å². The Balaban J connectivity index is 1.60. The highest BCUT2D eigenvalue weighted by atomic mass is 19.1. The summed E-state index contributed by atoms with van der Waals surface area (Å²) in [6.07, 6.45) is 2.01. The molecular weight excluding hydrogens is 397 g/mol. The van der Waals surface area contributed by atoms with E-state index in [-0.39, 0.29) is 5.92 Å². The van der Waals surface area contributed by atoms with Gasteiger partial charge in [0.25, 0.3) is 0 Å². The van der Waals surface area contributed by atoms with Gasteiger partial charge in [-0.1, -0.05) is 36.4 Å². The van der Waals surface area contributed by atoms with Crippen LogP contribution in [-0.4, -0.2) is 33.4 Å². The van der Waals surface area contributed by atoms with Crippen LogP contribution in [0.15, 0.2) is 73.4 Å². The van der Waals surface area contributed by atoms with Crippen LogP contribution < -0.4 is 4.74 Å². The van der Waals surface area contributed by atoms with E-state index < -0.39 is 35.8 Å². The number of carbonyl (C=O) groups excluding carboxylic acids is 1. The molecular formula is C25H24FNO4. The predicted octanol–water partition coefficient (Wildman–Crippen LogP) is 4.00. The van der Waals surface area contributed by atoms with Crippen LogP contribution in [0.25, 0.3) is 10.9 Å². The molecule has 6 heteroatoms. The van der Waals surface area contributed by atoms with Gasteiger partial charge in [0.05, 0.1) is 29.8 Å². The Morgan fingerprint density at radius 3 is 2.55 bits per heavy atom. The van der Waals surface area contributed by atoms with Gasteiger partial charge in [0, 0.05) is 11.3 Å². The summed E-state index contributed by atoms with van der Waals surface area (Å²) in [5.41, 5.74) is 1.30.